The molecule has 0 aromatic rings. The number of rotatable bonds is 2. The van der Waals surface area contributed by atoms with Gasteiger partial charge in [-0.15, -0.1) is 0 Å². The van der Waals surface area contributed by atoms with E-state index < -0.39 is 12.2 Å². The normalized spacial score (nSPS) is 14.4. The molecule has 0 spiro atoms. The summed E-state index contributed by atoms with van der Waals surface area (Å²) in [5.74, 6) is 0.224. The van der Waals surface area contributed by atoms with Crippen LogP contribution in [0.4, 0.5) is 9.59 Å². The lowest BCUT2D eigenvalue weighted by Gasteiger charge is -2.27. The van der Waals surface area contributed by atoms with Crippen LogP contribution in [0.2, 0.25) is 0 Å². The van der Waals surface area contributed by atoms with Gasteiger partial charge in [0.1, 0.15) is 17.7 Å². The van der Waals surface area contributed by atoms with Crippen LogP contribution in [-0.4, -0.2) is 43.3 Å². The molecule has 0 aliphatic carbocycles. The van der Waals surface area contributed by atoms with Crippen LogP contribution < -0.4 is 10.7 Å². The van der Waals surface area contributed by atoms with Crippen molar-refractivity contribution in [1.29, 1.82) is 0 Å². The van der Waals surface area contributed by atoms with Gasteiger partial charge in [0.05, 0.1) is 14.2 Å². The highest BCUT2D eigenvalue weighted by molar-refractivity contribution is 6.68. The standard InChI is InChI=1S/C8H11ClN4O4/c1-16-7(14)11-6-3-5(9)10-4-13(6)12-8(15)17-2/h3H,4H2,1-2H3,(H,11,14)(H,12,15). The Morgan fingerprint density at radius 3 is 2.65 bits per heavy atom. The van der Waals surface area contributed by atoms with E-state index in [1.54, 1.807) is 0 Å². The molecule has 2 N–H and O–H groups in total. The molecular weight excluding hydrogens is 252 g/mol. The first-order valence-electron chi connectivity index (χ1n) is 4.45. The summed E-state index contributed by atoms with van der Waals surface area (Å²) in [6, 6.07) is 0. The van der Waals surface area contributed by atoms with Crippen LogP contribution in [0.25, 0.3) is 0 Å². The molecule has 9 heteroatoms. The summed E-state index contributed by atoms with van der Waals surface area (Å²) < 4.78 is 8.84. The van der Waals surface area contributed by atoms with Crippen LogP contribution >= 0.6 is 11.6 Å². The number of hydrazine groups is 1. The molecule has 0 saturated carbocycles. The maximum Gasteiger partial charge on any atom is 0.425 e. The third-order valence-corrected chi connectivity index (χ3v) is 1.97. The van der Waals surface area contributed by atoms with Crippen molar-refractivity contribution in [3.05, 3.63) is 11.9 Å². The minimum atomic E-state index is -0.698. The summed E-state index contributed by atoms with van der Waals surface area (Å²) in [5, 5.41) is 3.81. The van der Waals surface area contributed by atoms with Gasteiger partial charge >= 0.3 is 12.2 Å². The molecule has 1 aliphatic heterocycles. The topological polar surface area (TPSA) is 92.3 Å². The first-order chi connectivity index (χ1) is 8.06. The molecule has 17 heavy (non-hydrogen) atoms. The van der Waals surface area contributed by atoms with Crippen molar-refractivity contribution in [2.45, 2.75) is 0 Å². The van der Waals surface area contributed by atoms with Crippen molar-refractivity contribution < 1.29 is 19.1 Å². The summed E-state index contributed by atoms with van der Waals surface area (Å²) in [7, 11) is 2.43. The largest absolute Gasteiger partial charge is 0.453 e. The lowest BCUT2D eigenvalue weighted by Crippen LogP contribution is -2.48. The van der Waals surface area contributed by atoms with Crippen molar-refractivity contribution >= 4 is 29.0 Å². The molecule has 0 aromatic heterocycles. The number of nitrogens with zero attached hydrogens (tertiary/aromatic N) is 2. The van der Waals surface area contributed by atoms with Gasteiger partial charge in [-0.3, -0.25) is 5.32 Å². The molecule has 8 nitrogen and oxygen atoms in total. The van der Waals surface area contributed by atoms with E-state index in [9.17, 15) is 9.59 Å². The number of allylic oxidation sites excluding steroid dienone is 1. The number of hydrogen-bond donors (Lipinski definition) is 2. The van der Waals surface area contributed by atoms with Crippen LogP contribution in [0.15, 0.2) is 16.9 Å². The fraction of sp³-hybridized carbons (Fsp3) is 0.375. The molecule has 94 valence electrons. The molecule has 0 saturated heterocycles. The molecule has 0 radical (unpaired) electrons. The second kappa shape index (κ2) is 5.94. The molecule has 0 fully saturated rings. The maximum atomic E-state index is 11.1. The van der Waals surface area contributed by atoms with Crippen LogP contribution in [0.1, 0.15) is 0 Å². The Hall–Kier alpha value is -1.96. The van der Waals surface area contributed by atoms with E-state index >= 15 is 0 Å². The molecule has 0 unspecified atom stereocenters. The molecule has 0 atom stereocenters. The highest BCUT2D eigenvalue weighted by atomic mass is 35.5. The molecular formula is C8H11ClN4O4. The van der Waals surface area contributed by atoms with E-state index in [1.165, 1.54) is 25.3 Å². The van der Waals surface area contributed by atoms with Crippen molar-refractivity contribution in [3.63, 3.8) is 0 Å². The number of ether oxygens (including phenoxy) is 2. The minimum Gasteiger partial charge on any atom is -0.453 e. The zero-order valence-electron chi connectivity index (χ0n) is 9.19. The average molecular weight is 263 g/mol. The number of nitrogens with one attached hydrogen (secondary N) is 2. The number of carbonyl (C=O) groups excluding carboxylic acids is 2. The Labute approximate surface area is 102 Å². The molecule has 1 rings (SSSR count). The van der Waals surface area contributed by atoms with Gasteiger partial charge in [-0.25, -0.2) is 25.0 Å². The summed E-state index contributed by atoms with van der Waals surface area (Å²) >= 11 is 5.68. The van der Waals surface area contributed by atoms with E-state index in [0.29, 0.717) is 0 Å². The maximum absolute atomic E-state index is 11.1. The van der Waals surface area contributed by atoms with Crippen molar-refractivity contribution in [2.24, 2.45) is 4.99 Å². The highest BCUT2D eigenvalue weighted by Crippen LogP contribution is 2.07. The van der Waals surface area contributed by atoms with E-state index in [1.807, 2.05) is 0 Å². The van der Waals surface area contributed by atoms with Gasteiger partial charge in [0.25, 0.3) is 0 Å². The van der Waals surface area contributed by atoms with Gasteiger partial charge in [0, 0.05) is 6.08 Å². The molecule has 1 heterocycles. The van der Waals surface area contributed by atoms with Crippen molar-refractivity contribution in [2.75, 3.05) is 20.9 Å². The summed E-state index contributed by atoms with van der Waals surface area (Å²) in [4.78, 5) is 25.9. The predicted octanol–water partition coefficient (Wildman–Crippen LogP) is 0.365. The van der Waals surface area contributed by atoms with Crippen LogP contribution in [0.3, 0.4) is 0 Å². The number of aliphatic imine (C=N–C) groups is 1. The Morgan fingerprint density at radius 2 is 2.06 bits per heavy atom. The monoisotopic (exact) mass is 262 g/mol. The van der Waals surface area contributed by atoms with Crippen LogP contribution in [-0.2, 0) is 9.47 Å². The van der Waals surface area contributed by atoms with Gasteiger partial charge in [-0.2, -0.15) is 0 Å². The van der Waals surface area contributed by atoms with E-state index in [0.717, 1.165) is 0 Å². The molecule has 1 aliphatic rings. The summed E-state index contributed by atoms with van der Waals surface area (Å²) in [6.07, 6.45) is -0.0344. The van der Waals surface area contributed by atoms with Gasteiger partial charge in [-0.05, 0) is 0 Å². The van der Waals surface area contributed by atoms with E-state index in [2.05, 4.69) is 25.2 Å². The lowest BCUT2D eigenvalue weighted by atomic mass is 10.5. The quantitative estimate of drug-likeness (QED) is 0.750. The SMILES string of the molecule is COC(=O)NC1=CC(Cl)=NCN1NC(=O)OC. The van der Waals surface area contributed by atoms with Crippen LogP contribution in [0.5, 0.6) is 0 Å². The summed E-state index contributed by atoms with van der Waals surface area (Å²) in [6.45, 7) is 0.0454. The van der Waals surface area contributed by atoms with Gasteiger partial charge in [-0.1, -0.05) is 11.6 Å². The Balaban J connectivity index is 2.73. The third-order valence-electron chi connectivity index (χ3n) is 1.74. The van der Waals surface area contributed by atoms with E-state index in [-0.39, 0.29) is 17.7 Å². The molecule has 0 aromatic carbocycles. The number of hydrogen-bond acceptors (Lipinski definition) is 6. The van der Waals surface area contributed by atoms with Crippen LogP contribution in [0, 0.1) is 0 Å². The number of alkyl carbamates (subject to hydrolysis) is 1. The van der Waals surface area contributed by atoms with Crippen molar-refractivity contribution in [3.8, 4) is 0 Å². The van der Waals surface area contributed by atoms with E-state index in [4.69, 9.17) is 11.6 Å². The Bertz CT molecular complexity index is 382. The highest BCUT2D eigenvalue weighted by Gasteiger charge is 2.19. The fourth-order valence-electron chi connectivity index (χ4n) is 0.961. The second-order valence-corrected chi connectivity index (χ2v) is 3.19. The first kappa shape index (κ1) is 13.1. The third kappa shape index (κ3) is 3.83. The predicted molar refractivity (Wildman–Crippen MR) is 59.2 cm³/mol. The first-order valence-corrected chi connectivity index (χ1v) is 4.83. The average Bonchev–Trinajstić information content (AvgIpc) is 2.32. The zero-order valence-corrected chi connectivity index (χ0v) is 9.95. The minimum absolute atomic E-state index is 0.0454. The lowest BCUT2D eigenvalue weighted by molar-refractivity contribution is 0.130. The molecule has 0 bridgehead atoms. The van der Waals surface area contributed by atoms with Crippen molar-refractivity contribution in [1.82, 2.24) is 15.8 Å². The Kier molecular flexibility index (Phi) is 4.58. The van der Waals surface area contributed by atoms with Gasteiger partial charge < -0.3 is 9.47 Å². The molecule has 2 amide bonds. The number of halogens is 1. The van der Waals surface area contributed by atoms with Gasteiger partial charge in [0.2, 0.25) is 0 Å². The zero-order chi connectivity index (χ0) is 12.8. The smallest absolute Gasteiger partial charge is 0.425 e. The fourth-order valence-corrected chi connectivity index (χ4v) is 1.12. The second-order valence-electron chi connectivity index (χ2n) is 2.80. The number of carbonyl (C=O) groups is 2. The Morgan fingerprint density at radius 1 is 1.41 bits per heavy atom. The number of amides is 2. The van der Waals surface area contributed by atoms with Gasteiger partial charge in [0.15, 0.2) is 0 Å². The number of methoxy groups -OCH3 is 2. The summed E-state index contributed by atoms with van der Waals surface area (Å²) in [5.41, 5.74) is 2.34.